The van der Waals surface area contributed by atoms with Gasteiger partial charge >= 0.3 is 11.8 Å². The minimum absolute atomic E-state index is 0.182. The summed E-state index contributed by atoms with van der Waals surface area (Å²) < 4.78 is 0. The van der Waals surface area contributed by atoms with Gasteiger partial charge in [0.15, 0.2) is 0 Å². The van der Waals surface area contributed by atoms with Gasteiger partial charge in [0.2, 0.25) is 0 Å². The van der Waals surface area contributed by atoms with Crippen LogP contribution < -0.4 is 5.32 Å². The van der Waals surface area contributed by atoms with Crippen LogP contribution in [0.3, 0.4) is 0 Å². The normalized spacial score (nSPS) is 18.4. The molecular formula is C16H20N4O2. The van der Waals surface area contributed by atoms with Crippen molar-refractivity contribution in [3.05, 3.63) is 24.5 Å². The Morgan fingerprint density at radius 2 is 2.27 bits per heavy atom. The van der Waals surface area contributed by atoms with E-state index in [1.165, 1.54) is 0 Å². The number of hydrogen-bond acceptors (Lipinski definition) is 3. The maximum absolute atomic E-state index is 12.4. The van der Waals surface area contributed by atoms with Crippen LogP contribution in [0.5, 0.6) is 0 Å². The number of hydrogen-bond donors (Lipinski definition) is 2. The topological polar surface area (TPSA) is 78.1 Å². The van der Waals surface area contributed by atoms with Crippen molar-refractivity contribution in [2.45, 2.75) is 38.6 Å². The number of amides is 2. The van der Waals surface area contributed by atoms with Gasteiger partial charge in [0.25, 0.3) is 0 Å². The quantitative estimate of drug-likeness (QED) is 0.835. The molecule has 2 heterocycles. The predicted molar refractivity (Wildman–Crippen MR) is 84.4 cm³/mol. The number of anilines is 1. The lowest BCUT2D eigenvalue weighted by molar-refractivity contribution is -0.145. The van der Waals surface area contributed by atoms with Gasteiger partial charge in [0.05, 0.1) is 17.4 Å². The number of rotatable bonds is 2. The molecule has 1 atom stereocenters. The number of likely N-dealkylation sites (tertiary alicyclic amines) is 1. The summed E-state index contributed by atoms with van der Waals surface area (Å²) in [7, 11) is 0. The molecule has 2 aromatic rings. The third-order valence-electron chi connectivity index (χ3n) is 4.23. The molecule has 1 unspecified atom stereocenters. The fourth-order valence-corrected chi connectivity index (χ4v) is 3.02. The Hall–Kier alpha value is -2.37. The monoisotopic (exact) mass is 300 g/mol. The number of carbonyl (C=O) groups is 2. The molecule has 1 aromatic carbocycles. The van der Waals surface area contributed by atoms with Crippen molar-refractivity contribution in [1.82, 2.24) is 14.9 Å². The summed E-state index contributed by atoms with van der Waals surface area (Å²) in [5.41, 5.74) is 2.25. The first-order chi connectivity index (χ1) is 10.7. The summed E-state index contributed by atoms with van der Waals surface area (Å²) in [6.45, 7) is 2.73. The van der Waals surface area contributed by atoms with Crippen molar-refractivity contribution in [2.24, 2.45) is 0 Å². The molecule has 6 nitrogen and oxygen atoms in total. The van der Waals surface area contributed by atoms with E-state index in [9.17, 15) is 9.59 Å². The second kappa shape index (κ2) is 6.17. The van der Waals surface area contributed by atoms with E-state index >= 15 is 0 Å². The standard InChI is InChI=1S/C16H20N4O2/c1-2-12-5-3-4-8-20(12)16(22)15(21)19-11-6-7-13-14(9-11)18-10-17-13/h6-7,9-10,12H,2-5,8H2,1H3,(H,17,18)(H,19,21). The minimum atomic E-state index is -0.570. The third kappa shape index (κ3) is 2.81. The first-order valence-corrected chi connectivity index (χ1v) is 7.74. The van der Waals surface area contributed by atoms with Gasteiger partial charge < -0.3 is 15.2 Å². The summed E-state index contributed by atoms with van der Waals surface area (Å²) in [6, 6.07) is 5.52. The molecule has 1 saturated heterocycles. The Balaban J connectivity index is 1.71. The van der Waals surface area contributed by atoms with Crippen LogP contribution in [0.2, 0.25) is 0 Å². The highest BCUT2D eigenvalue weighted by Crippen LogP contribution is 2.20. The Kier molecular flexibility index (Phi) is 4.09. The number of H-pyrrole nitrogens is 1. The molecule has 0 spiro atoms. The zero-order valence-electron chi connectivity index (χ0n) is 12.6. The van der Waals surface area contributed by atoms with E-state index in [0.29, 0.717) is 12.2 Å². The number of imidazole rings is 1. The molecule has 0 radical (unpaired) electrons. The lowest BCUT2D eigenvalue weighted by atomic mass is 10.00. The summed E-state index contributed by atoms with van der Waals surface area (Å²) >= 11 is 0. The molecule has 0 saturated carbocycles. The van der Waals surface area contributed by atoms with Crippen molar-refractivity contribution in [3.8, 4) is 0 Å². The van der Waals surface area contributed by atoms with E-state index in [1.807, 2.05) is 6.07 Å². The molecule has 1 fully saturated rings. The Bertz CT molecular complexity index is 694. The molecule has 2 amide bonds. The highest BCUT2D eigenvalue weighted by molar-refractivity contribution is 6.39. The van der Waals surface area contributed by atoms with Crippen molar-refractivity contribution < 1.29 is 9.59 Å². The van der Waals surface area contributed by atoms with Crippen LogP contribution in [-0.4, -0.2) is 39.3 Å². The number of nitrogens with zero attached hydrogens (tertiary/aromatic N) is 2. The van der Waals surface area contributed by atoms with Crippen LogP contribution >= 0.6 is 0 Å². The Labute approximate surface area is 128 Å². The van der Waals surface area contributed by atoms with Gasteiger partial charge in [-0.15, -0.1) is 0 Å². The summed E-state index contributed by atoms with van der Waals surface area (Å²) in [4.78, 5) is 33.4. The Morgan fingerprint density at radius 3 is 3.09 bits per heavy atom. The zero-order chi connectivity index (χ0) is 15.5. The van der Waals surface area contributed by atoms with Gasteiger partial charge in [-0.3, -0.25) is 9.59 Å². The van der Waals surface area contributed by atoms with E-state index in [1.54, 1.807) is 23.4 Å². The number of nitrogens with one attached hydrogen (secondary N) is 2. The van der Waals surface area contributed by atoms with Gasteiger partial charge in [-0.2, -0.15) is 0 Å². The number of aromatic amines is 1. The molecule has 2 N–H and O–H groups in total. The summed E-state index contributed by atoms with van der Waals surface area (Å²) in [5.74, 6) is -1.00. The third-order valence-corrected chi connectivity index (χ3v) is 4.23. The molecule has 0 bridgehead atoms. The van der Waals surface area contributed by atoms with E-state index in [4.69, 9.17) is 0 Å². The van der Waals surface area contributed by atoms with Crippen LogP contribution in [0.25, 0.3) is 11.0 Å². The fourth-order valence-electron chi connectivity index (χ4n) is 3.02. The van der Waals surface area contributed by atoms with E-state index < -0.39 is 11.8 Å². The van der Waals surface area contributed by atoms with Crippen LogP contribution in [0.1, 0.15) is 32.6 Å². The average molecular weight is 300 g/mol. The fraction of sp³-hybridized carbons (Fsp3) is 0.438. The number of carbonyl (C=O) groups excluding carboxylic acids is 2. The first-order valence-electron chi connectivity index (χ1n) is 7.74. The predicted octanol–water partition coefficient (Wildman–Crippen LogP) is 2.29. The number of piperidine rings is 1. The zero-order valence-corrected chi connectivity index (χ0v) is 12.6. The SMILES string of the molecule is CCC1CCCCN1C(=O)C(=O)Nc1ccc2nc[nH]c2c1. The Morgan fingerprint density at radius 1 is 1.41 bits per heavy atom. The number of fused-ring (bicyclic) bond motifs is 1. The van der Waals surface area contributed by atoms with Crippen LogP contribution in [0, 0.1) is 0 Å². The molecule has 1 aliphatic heterocycles. The van der Waals surface area contributed by atoms with E-state index in [0.717, 1.165) is 36.7 Å². The minimum Gasteiger partial charge on any atom is -0.345 e. The average Bonchev–Trinajstić information content (AvgIpc) is 3.01. The van der Waals surface area contributed by atoms with Gasteiger partial charge in [-0.25, -0.2) is 4.98 Å². The van der Waals surface area contributed by atoms with Crippen molar-refractivity contribution >= 4 is 28.5 Å². The van der Waals surface area contributed by atoms with Gasteiger partial charge in [0, 0.05) is 18.3 Å². The first kappa shape index (κ1) is 14.6. The van der Waals surface area contributed by atoms with Crippen LogP contribution in [0.4, 0.5) is 5.69 Å². The molecule has 1 aliphatic rings. The van der Waals surface area contributed by atoms with Crippen LogP contribution in [0.15, 0.2) is 24.5 Å². The second-order valence-electron chi connectivity index (χ2n) is 5.64. The molecule has 0 aliphatic carbocycles. The maximum Gasteiger partial charge on any atom is 0.313 e. The van der Waals surface area contributed by atoms with Gasteiger partial charge in [0.1, 0.15) is 0 Å². The maximum atomic E-state index is 12.4. The summed E-state index contributed by atoms with van der Waals surface area (Å²) in [5, 5.41) is 2.69. The molecule has 22 heavy (non-hydrogen) atoms. The number of aromatic nitrogens is 2. The second-order valence-corrected chi connectivity index (χ2v) is 5.64. The van der Waals surface area contributed by atoms with Crippen molar-refractivity contribution in [2.75, 3.05) is 11.9 Å². The van der Waals surface area contributed by atoms with Crippen molar-refractivity contribution in [3.63, 3.8) is 0 Å². The smallest absolute Gasteiger partial charge is 0.313 e. The van der Waals surface area contributed by atoms with Crippen LogP contribution in [-0.2, 0) is 9.59 Å². The summed E-state index contributed by atoms with van der Waals surface area (Å²) in [6.07, 6.45) is 5.56. The number of benzene rings is 1. The van der Waals surface area contributed by atoms with Gasteiger partial charge in [-0.05, 0) is 43.9 Å². The molecule has 1 aromatic heterocycles. The lowest BCUT2D eigenvalue weighted by Gasteiger charge is -2.34. The largest absolute Gasteiger partial charge is 0.345 e. The van der Waals surface area contributed by atoms with Gasteiger partial charge in [-0.1, -0.05) is 6.92 Å². The molecule has 3 rings (SSSR count). The highest BCUT2D eigenvalue weighted by Gasteiger charge is 2.29. The molecule has 116 valence electrons. The van der Waals surface area contributed by atoms with Crippen molar-refractivity contribution in [1.29, 1.82) is 0 Å². The van der Waals surface area contributed by atoms with E-state index in [-0.39, 0.29) is 6.04 Å². The molecular weight excluding hydrogens is 280 g/mol. The lowest BCUT2D eigenvalue weighted by Crippen LogP contribution is -2.48. The molecule has 6 heteroatoms. The van der Waals surface area contributed by atoms with E-state index in [2.05, 4.69) is 22.2 Å². The highest BCUT2D eigenvalue weighted by atomic mass is 16.2.